The number of benzene rings is 4. The van der Waals surface area contributed by atoms with Crippen LogP contribution in [0.3, 0.4) is 0 Å². The molecule has 1 unspecified atom stereocenters. The number of aryl methyl sites for hydroxylation is 2. The van der Waals surface area contributed by atoms with E-state index in [1.54, 1.807) is 42.5 Å². The third-order valence-electron chi connectivity index (χ3n) is 6.19. The van der Waals surface area contributed by atoms with Gasteiger partial charge in [-0.3, -0.25) is 9.10 Å². The molecule has 4 aromatic rings. The fraction of sp³-hybridized carbons (Fsp3) is 0.167. The molecule has 0 aromatic heterocycles. The lowest BCUT2D eigenvalue weighted by Gasteiger charge is -2.27. The minimum atomic E-state index is -3.97. The van der Waals surface area contributed by atoms with Crippen LogP contribution >= 0.6 is 0 Å². The van der Waals surface area contributed by atoms with Crippen LogP contribution in [0.15, 0.2) is 114 Å². The van der Waals surface area contributed by atoms with Gasteiger partial charge in [-0.25, -0.2) is 8.42 Å². The third-order valence-corrected chi connectivity index (χ3v) is 7.98. The zero-order valence-corrected chi connectivity index (χ0v) is 21.3. The molecule has 0 heterocycles. The Bertz CT molecular complexity index is 1400. The van der Waals surface area contributed by atoms with Gasteiger partial charge in [-0.15, -0.1) is 0 Å². The molecular weight excluding hydrogens is 468 g/mol. The van der Waals surface area contributed by atoms with Crippen molar-refractivity contribution in [3.63, 3.8) is 0 Å². The first-order chi connectivity index (χ1) is 17.4. The summed E-state index contributed by atoms with van der Waals surface area (Å²) < 4.78 is 28.5. The molecule has 0 aliphatic carbocycles. The molecule has 4 rings (SSSR count). The first-order valence-electron chi connectivity index (χ1n) is 12.0. The van der Waals surface area contributed by atoms with Gasteiger partial charge in [-0.1, -0.05) is 91.9 Å². The van der Waals surface area contributed by atoms with Crippen molar-refractivity contribution < 1.29 is 13.2 Å². The van der Waals surface area contributed by atoms with Crippen molar-refractivity contribution in [3.05, 3.63) is 131 Å². The summed E-state index contributed by atoms with van der Waals surface area (Å²) in [7, 11) is -3.97. The maximum absolute atomic E-state index is 13.6. The van der Waals surface area contributed by atoms with Crippen molar-refractivity contribution in [1.82, 2.24) is 5.32 Å². The largest absolute Gasteiger partial charge is 0.344 e. The molecule has 0 saturated carbocycles. The second-order valence-electron chi connectivity index (χ2n) is 8.61. The van der Waals surface area contributed by atoms with E-state index in [4.69, 9.17) is 0 Å². The van der Waals surface area contributed by atoms with E-state index in [-0.39, 0.29) is 11.4 Å². The highest BCUT2D eigenvalue weighted by Crippen LogP contribution is 2.27. The molecule has 0 fully saturated rings. The first kappa shape index (κ1) is 25.2. The maximum Gasteiger partial charge on any atom is 0.264 e. The molecule has 0 saturated heterocycles. The van der Waals surface area contributed by atoms with E-state index in [1.807, 2.05) is 80.6 Å². The Morgan fingerprint density at radius 2 is 1.39 bits per heavy atom. The molecule has 0 bridgehead atoms. The van der Waals surface area contributed by atoms with Crippen LogP contribution in [-0.2, 0) is 21.2 Å². The van der Waals surface area contributed by atoms with Gasteiger partial charge in [0.2, 0.25) is 5.91 Å². The molecule has 6 heteroatoms. The number of anilines is 1. The smallest absolute Gasteiger partial charge is 0.264 e. The predicted molar refractivity (Wildman–Crippen MR) is 144 cm³/mol. The number of carbonyl (C=O) groups excluding carboxylic acids is 1. The summed E-state index contributed by atoms with van der Waals surface area (Å²) in [6, 6.07) is 32.6. The van der Waals surface area contributed by atoms with Crippen molar-refractivity contribution in [2.45, 2.75) is 31.2 Å². The number of hydrogen-bond acceptors (Lipinski definition) is 3. The van der Waals surface area contributed by atoms with E-state index in [0.717, 1.165) is 28.7 Å². The SMILES string of the molecule is CCc1ccc(N(CC(=O)NC(c2ccccc2)c2ccccc2C)S(=O)(=O)c2ccccc2)cc1. The second-order valence-corrected chi connectivity index (χ2v) is 10.5. The summed E-state index contributed by atoms with van der Waals surface area (Å²) in [5.74, 6) is -0.397. The van der Waals surface area contributed by atoms with E-state index < -0.39 is 22.0 Å². The van der Waals surface area contributed by atoms with Gasteiger partial charge in [0.15, 0.2) is 0 Å². The van der Waals surface area contributed by atoms with E-state index in [1.165, 1.54) is 4.31 Å². The van der Waals surface area contributed by atoms with Crippen LogP contribution in [0.5, 0.6) is 0 Å². The number of nitrogens with zero attached hydrogens (tertiary/aromatic N) is 1. The molecule has 184 valence electrons. The molecule has 0 spiro atoms. The van der Waals surface area contributed by atoms with E-state index in [0.29, 0.717) is 5.69 Å². The second kappa shape index (κ2) is 11.2. The molecule has 36 heavy (non-hydrogen) atoms. The molecule has 5 nitrogen and oxygen atoms in total. The quantitative estimate of drug-likeness (QED) is 0.324. The Morgan fingerprint density at radius 3 is 2.00 bits per heavy atom. The number of carbonyl (C=O) groups is 1. The molecule has 0 radical (unpaired) electrons. The molecule has 0 aliphatic heterocycles. The highest BCUT2D eigenvalue weighted by atomic mass is 32.2. The zero-order valence-electron chi connectivity index (χ0n) is 20.5. The summed E-state index contributed by atoms with van der Waals surface area (Å²) in [4.78, 5) is 13.6. The predicted octanol–water partition coefficient (Wildman–Crippen LogP) is 5.66. The van der Waals surface area contributed by atoms with E-state index in [2.05, 4.69) is 5.32 Å². The van der Waals surface area contributed by atoms with Crippen LogP contribution in [-0.4, -0.2) is 20.9 Å². The number of rotatable bonds is 9. The fourth-order valence-corrected chi connectivity index (χ4v) is 5.61. The van der Waals surface area contributed by atoms with Gasteiger partial charge >= 0.3 is 0 Å². The highest BCUT2D eigenvalue weighted by molar-refractivity contribution is 7.92. The lowest BCUT2D eigenvalue weighted by atomic mass is 9.95. The van der Waals surface area contributed by atoms with Gasteiger partial charge in [0.05, 0.1) is 16.6 Å². The fourth-order valence-electron chi connectivity index (χ4n) is 4.17. The van der Waals surface area contributed by atoms with Gasteiger partial charge in [0, 0.05) is 0 Å². The van der Waals surface area contributed by atoms with Crippen molar-refractivity contribution in [2.24, 2.45) is 0 Å². The van der Waals surface area contributed by atoms with Gasteiger partial charge in [-0.05, 0) is 59.9 Å². The number of nitrogens with one attached hydrogen (secondary N) is 1. The van der Waals surface area contributed by atoms with Crippen LogP contribution in [0, 0.1) is 6.92 Å². The number of amides is 1. The maximum atomic E-state index is 13.6. The Balaban J connectivity index is 1.69. The number of hydrogen-bond donors (Lipinski definition) is 1. The third kappa shape index (κ3) is 5.66. The Labute approximate surface area is 213 Å². The standard InChI is InChI=1S/C30H30N2O3S/c1-3-24-18-20-26(21-19-24)32(36(34,35)27-15-8-5-9-16-27)22-29(33)31-30(25-13-6-4-7-14-25)28-17-11-10-12-23(28)2/h4-21,30H,3,22H2,1-2H3,(H,31,33). The zero-order chi connectivity index (χ0) is 25.5. The molecule has 1 N–H and O–H groups in total. The van der Waals surface area contributed by atoms with Gasteiger partial charge in [0.1, 0.15) is 6.54 Å². The van der Waals surface area contributed by atoms with Crippen LogP contribution < -0.4 is 9.62 Å². The minimum Gasteiger partial charge on any atom is -0.344 e. The molecule has 1 atom stereocenters. The first-order valence-corrected chi connectivity index (χ1v) is 13.4. The van der Waals surface area contributed by atoms with E-state index in [9.17, 15) is 13.2 Å². The number of sulfonamides is 1. The van der Waals surface area contributed by atoms with Crippen LogP contribution in [0.4, 0.5) is 5.69 Å². The summed E-state index contributed by atoms with van der Waals surface area (Å²) in [5.41, 5.74) is 4.45. The van der Waals surface area contributed by atoms with Gasteiger partial charge < -0.3 is 5.32 Å². The van der Waals surface area contributed by atoms with Gasteiger partial charge in [-0.2, -0.15) is 0 Å². The lowest BCUT2D eigenvalue weighted by molar-refractivity contribution is -0.120. The topological polar surface area (TPSA) is 66.5 Å². The monoisotopic (exact) mass is 498 g/mol. The Kier molecular flexibility index (Phi) is 7.86. The van der Waals surface area contributed by atoms with Crippen molar-refractivity contribution in [2.75, 3.05) is 10.8 Å². The summed E-state index contributed by atoms with van der Waals surface area (Å²) >= 11 is 0. The van der Waals surface area contributed by atoms with Gasteiger partial charge in [0.25, 0.3) is 10.0 Å². The van der Waals surface area contributed by atoms with Crippen molar-refractivity contribution in [1.29, 1.82) is 0 Å². The molecule has 1 amide bonds. The molecule has 4 aromatic carbocycles. The normalized spacial score (nSPS) is 12.1. The van der Waals surface area contributed by atoms with E-state index >= 15 is 0 Å². The molecular formula is C30H30N2O3S. The average Bonchev–Trinajstić information content (AvgIpc) is 2.92. The minimum absolute atomic E-state index is 0.135. The molecule has 0 aliphatic rings. The van der Waals surface area contributed by atoms with Crippen LogP contribution in [0.2, 0.25) is 0 Å². The highest BCUT2D eigenvalue weighted by Gasteiger charge is 2.28. The van der Waals surface area contributed by atoms with Crippen molar-refractivity contribution >= 4 is 21.6 Å². The average molecular weight is 499 g/mol. The Morgan fingerprint density at radius 1 is 0.806 bits per heavy atom. The summed E-state index contributed by atoms with van der Waals surface area (Å²) in [6.45, 7) is 3.69. The van der Waals surface area contributed by atoms with Crippen molar-refractivity contribution in [3.8, 4) is 0 Å². The summed E-state index contributed by atoms with van der Waals surface area (Å²) in [5, 5.41) is 3.09. The van der Waals surface area contributed by atoms with Crippen LogP contribution in [0.25, 0.3) is 0 Å². The lowest BCUT2D eigenvalue weighted by Crippen LogP contribution is -2.42. The van der Waals surface area contributed by atoms with Crippen LogP contribution in [0.1, 0.15) is 35.2 Å². The summed E-state index contributed by atoms with van der Waals surface area (Å²) in [6.07, 6.45) is 0.835. The Hall–Kier alpha value is -3.90.